The molecule has 1 aromatic carbocycles. The molecule has 0 radical (unpaired) electrons. The molecule has 1 heterocycles. The highest BCUT2D eigenvalue weighted by Crippen LogP contribution is 2.55. The van der Waals surface area contributed by atoms with Gasteiger partial charge < -0.3 is 14.6 Å². The Morgan fingerprint density at radius 3 is 2.45 bits per heavy atom. The molecule has 162 valence electrons. The third kappa shape index (κ3) is 5.17. The molecule has 1 aliphatic carbocycles. The van der Waals surface area contributed by atoms with Crippen LogP contribution < -0.4 is 4.74 Å². The van der Waals surface area contributed by atoms with E-state index in [0.29, 0.717) is 5.75 Å². The number of benzene rings is 1. The Kier molecular flexibility index (Phi) is 7.67. The molecule has 2 unspecified atom stereocenters. The van der Waals surface area contributed by atoms with E-state index < -0.39 is 5.79 Å². The van der Waals surface area contributed by atoms with Crippen molar-refractivity contribution in [1.29, 1.82) is 0 Å². The number of aromatic hydroxyl groups is 1. The number of hydrogen-bond donors (Lipinski definition) is 1. The lowest BCUT2D eigenvalue weighted by atomic mass is 9.72. The molecule has 1 aliphatic heterocycles. The van der Waals surface area contributed by atoms with Gasteiger partial charge in [-0.1, -0.05) is 63.0 Å². The van der Waals surface area contributed by atoms with Gasteiger partial charge in [-0.05, 0) is 50.8 Å². The Morgan fingerprint density at radius 2 is 1.79 bits per heavy atom. The quantitative estimate of drug-likeness (QED) is 0.328. The summed E-state index contributed by atoms with van der Waals surface area (Å²) in [7, 11) is 1.75. The number of aryl methyl sites for hydroxylation is 1. The Bertz CT molecular complexity index is 717. The molecule has 3 heteroatoms. The molecule has 3 nitrogen and oxygen atoms in total. The Hall–Kier alpha value is -1.48. The molecular weight excluding hydrogens is 360 g/mol. The molecule has 0 saturated heterocycles. The van der Waals surface area contributed by atoms with Gasteiger partial charge >= 0.3 is 0 Å². The summed E-state index contributed by atoms with van der Waals surface area (Å²) in [5.74, 6) is 0.887. The van der Waals surface area contributed by atoms with Crippen molar-refractivity contribution in [2.45, 2.75) is 110 Å². The maximum absolute atomic E-state index is 10.9. The molecule has 1 N–H and O–H groups in total. The molecule has 1 saturated carbocycles. The number of rotatable bonds is 10. The van der Waals surface area contributed by atoms with Gasteiger partial charge in [0.05, 0.1) is 0 Å². The minimum atomic E-state index is -0.541. The van der Waals surface area contributed by atoms with Gasteiger partial charge in [-0.25, -0.2) is 0 Å². The van der Waals surface area contributed by atoms with Crippen LogP contribution in [0.5, 0.6) is 11.5 Å². The third-order valence-electron chi connectivity index (χ3n) is 6.87. The van der Waals surface area contributed by atoms with Crippen molar-refractivity contribution in [3.8, 4) is 11.5 Å². The molecule has 1 fully saturated rings. The van der Waals surface area contributed by atoms with Crippen LogP contribution in [0.1, 0.15) is 108 Å². The van der Waals surface area contributed by atoms with Gasteiger partial charge in [0.15, 0.2) is 0 Å². The van der Waals surface area contributed by atoms with Gasteiger partial charge in [0.2, 0.25) is 5.79 Å². The molecule has 0 aromatic heterocycles. The van der Waals surface area contributed by atoms with Gasteiger partial charge in [0.25, 0.3) is 0 Å². The maximum Gasteiger partial charge on any atom is 0.211 e. The average Bonchev–Trinajstić information content (AvgIpc) is 2.69. The lowest BCUT2D eigenvalue weighted by Crippen LogP contribution is -2.46. The van der Waals surface area contributed by atoms with Crippen molar-refractivity contribution in [3.63, 3.8) is 0 Å². The van der Waals surface area contributed by atoms with Crippen LogP contribution >= 0.6 is 0 Å². The summed E-state index contributed by atoms with van der Waals surface area (Å²) >= 11 is 0. The van der Waals surface area contributed by atoms with Gasteiger partial charge in [-0.3, -0.25) is 0 Å². The molecule has 0 spiro atoms. The molecule has 1 aromatic rings. The SMILES string of the molecule is CCCCCCCCCCc1cc(O)c2c(c1)OC1(OC)CCC(=C(C)C)C2C1. The molecule has 0 amide bonds. The lowest BCUT2D eigenvalue weighted by Gasteiger charge is -2.46. The molecule has 2 aliphatic rings. The van der Waals surface area contributed by atoms with Crippen LogP contribution in [0, 0.1) is 0 Å². The first kappa shape index (κ1) is 22.2. The summed E-state index contributed by atoms with van der Waals surface area (Å²) < 4.78 is 12.2. The van der Waals surface area contributed by atoms with Crippen LogP contribution in [-0.2, 0) is 11.2 Å². The van der Waals surface area contributed by atoms with Gasteiger partial charge in [-0.2, -0.15) is 0 Å². The number of ether oxygens (including phenoxy) is 2. The zero-order valence-corrected chi connectivity index (χ0v) is 19.0. The zero-order valence-electron chi connectivity index (χ0n) is 19.0. The normalized spacial score (nSPS) is 22.9. The topological polar surface area (TPSA) is 38.7 Å². The number of hydrogen-bond acceptors (Lipinski definition) is 3. The standard InChI is InChI=1S/C26H40O3/c1-5-6-7-8-9-10-11-12-13-20-16-23(27)25-22-18-26(28-4,29-24(25)17-20)15-14-21(22)19(2)3/h16-17,22,27H,5-15,18H2,1-4H3. The summed E-state index contributed by atoms with van der Waals surface area (Å²) in [6, 6.07) is 4.13. The minimum absolute atomic E-state index is 0.203. The second kappa shape index (κ2) is 10.0. The highest BCUT2D eigenvalue weighted by molar-refractivity contribution is 5.55. The first-order valence-corrected chi connectivity index (χ1v) is 11.8. The first-order valence-electron chi connectivity index (χ1n) is 11.8. The van der Waals surface area contributed by atoms with Gasteiger partial charge in [0, 0.05) is 31.4 Å². The lowest BCUT2D eigenvalue weighted by molar-refractivity contribution is -0.189. The predicted octanol–water partition coefficient (Wildman–Crippen LogP) is 7.41. The fourth-order valence-corrected chi connectivity index (χ4v) is 5.14. The fraction of sp³-hybridized carbons (Fsp3) is 0.692. The van der Waals surface area contributed by atoms with Crippen molar-refractivity contribution in [1.82, 2.24) is 0 Å². The Labute approximate surface area is 177 Å². The fourth-order valence-electron chi connectivity index (χ4n) is 5.14. The number of unbranched alkanes of at least 4 members (excludes halogenated alkanes) is 7. The van der Waals surface area contributed by atoms with Crippen LogP contribution in [0.4, 0.5) is 0 Å². The van der Waals surface area contributed by atoms with Crippen LogP contribution in [0.15, 0.2) is 23.3 Å². The Balaban J connectivity index is 1.67. The first-order chi connectivity index (χ1) is 14.0. The van der Waals surface area contributed by atoms with Crippen LogP contribution in [0.2, 0.25) is 0 Å². The molecule has 3 rings (SSSR count). The van der Waals surface area contributed by atoms with Crippen LogP contribution in [0.3, 0.4) is 0 Å². The number of phenols is 1. The Morgan fingerprint density at radius 1 is 1.10 bits per heavy atom. The highest BCUT2D eigenvalue weighted by Gasteiger charge is 2.47. The van der Waals surface area contributed by atoms with E-state index in [2.05, 4.69) is 26.8 Å². The molecule has 29 heavy (non-hydrogen) atoms. The summed E-state index contributed by atoms with van der Waals surface area (Å²) in [6.45, 7) is 6.62. The number of fused-ring (bicyclic) bond motifs is 4. The van der Waals surface area contributed by atoms with Crippen molar-refractivity contribution >= 4 is 0 Å². The summed E-state index contributed by atoms with van der Waals surface area (Å²) in [4.78, 5) is 0. The van der Waals surface area contributed by atoms with Crippen molar-refractivity contribution < 1.29 is 14.6 Å². The second-order valence-corrected chi connectivity index (χ2v) is 9.25. The van der Waals surface area contributed by atoms with Crippen LogP contribution in [-0.4, -0.2) is 18.0 Å². The third-order valence-corrected chi connectivity index (χ3v) is 6.87. The van der Waals surface area contributed by atoms with E-state index >= 15 is 0 Å². The monoisotopic (exact) mass is 400 g/mol. The molecule has 2 atom stereocenters. The molecular formula is C26H40O3. The largest absolute Gasteiger partial charge is 0.507 e. The van der Waals surface area contributed by atoms with Crippen LogP contribution in [0.25, 0.3) is 0 Å². The van der Waals surface area contributed by atoms with E-state index in [4.69, 9.17) is 9.47 Å². The smallest absolute Gasteiger partial charge is 0.211 e. The number of allylic oxidation sites excluding steroid dienone is 2. The van der Waals surface area contributed by atoms with Crippen molar-refractivity contribution in [2.24, 2.45) is 0 Å². The summed E-state index contributed by atoms with van der Waals surface area (Å²) in [6.07, 6.45) is 14.2. The van der Waals surface area contributed by atoms with E-state index in [1.807, 2.05) is 6.07 Å². The van der Waals surface area contributed by atoms with Crippen molar-refractivity contribution in [2.75, 3.05) is 7.11 Å². The van der Waals surface area contributed by atoms with Crippen molar-refractivity contribution in [3.05, 3.63) is 34.4 Å². The van der Waals surface area contributed by atoms with E-state index in [1.54, 1.807) is 7.11 Å². The van der Waals surface area contributed by atoms with Gasteiger partial charge in [-0.15, -0.1) is 0 Å². The minimum Gasteiger partial charge on any atom is -0.507 e. The average molecular weight is 401 g/mol. The maximum atomic E-state index is 10.9. The van der Waals surface area contributed by atoms with Gasteiger partial charge in [0.1, 0.15) is 11.5 Å². The van der Waals surface area contributed by atoms with E-state index in [-0.39, 0.29) is 5.92 Å². The van der Waals surface area contributed by atoms with E-state index in [1.165, 1.54) is 68.1 Å². The zero-order chi connectivity index (χ0) is 20.9. The second-order valence-electron chi connectivity index (χ2n) is 9.25. The predicted molar refractivity (Wildman–Crippen MR) is 120 cm³/mol. The highest BCUT2D eigenvalue weighted by atomic mass is 16.7. The number of phenolic OH excluding ortho intramolecular Hbond substituents is 1. The van der Waals surface area contributed by atoms with E-state index in [9.17, 15) is 5.11 Å². The molecule has 2 bridgehead atoms. The summed E-state index contributed by atoms with van der Waals surface area (Å²) in [5.41, 5.74) is 4.94. The number of methoxy groups -OCH3 is 1. The van der Waals surface area contributed by atoms with E-state index in [0.717, 1.165) is 37.0 Å². The summed E-state index contributed by atoms with van der Waals surface area (Å²) in [5, 5.41) is 10.9.